The van der Waals surface area contributed by atoms with Crippen molar-refractivity contribution >= 4 is 0 Å². The van der Waals surface area contributed by atoms with Crippen LogP contribution in [0.2, 0.25) is 0 Å². The molecule has 3 heteroatoms. The van der Waals surface area contributed by atoms with E-state index in [2.05, 4.69) is 34.5 Å². The number of nitrogens with zero attached hydrogens (tertiary/aromatic N) is 1. The topological polar surface area (TPSA) is 15.3 Å². The van der Waals surface area contributed by atoms with Crippen molar-refractivity contribution in [1.29, 1.82) is 0 Å². The molecule has 17 heavy (non-hydrogen) atoms. The molecule has 1 aliphatic rings. The van der Waals surface area contributed by atoms with Gasteiger partial charge in [0.05, 0.1) is 0 Å². The van der Waals surface area contributed by atoms with Crippen molar-refractivity contribution in [1.82, 2.24) is 10.2 Å². The third-order valence-corrected chi connectivity index (χ3v) is 3.29. The third kappa shape index (κ3) is 4.10. The van der Waals surface area contributed by atoms with E-state index in [4.69, 9.17) is 0 Å². The fraction of sp³-hybridized carbons (Fsp3) is 0.571. The van der Waals surface area contributed by atoms with Crippen LogP contribution in [0.5, 0.6) is 0 Å². The summed E-state index contributed by atoms with van der Waals surface area (Å²) in [5, 5.41) is 3.55. The van der Waals surface area contributed by atoms with Gasteiger partial charge in [0.15, 0.2) is 0 Å². The molecule has 0 spiro atoms. The van der Waals surface area contributed by atoms with Gasteiger partial charge < -0.3 is 5.32 Å². The molecule has 0 aromatic heterocycles. The van der Waals surface area contributed by atoms with Gasteiger partial charge >= 0.3 is 0 Å². The van der Waals surface area contributed by atoms with Crippen molar-refractivity contribution in [3.63, 3.8) is 0 Å². The van der Waals surface area contributed by atoms with Gasteiger partial charge in [-0.25, -0.2) is 4.39 Å². The third-order valence-electron chi connectivity index (χ3n) is 3.29. The first-order valence-electron chi connectivity index (χ1n) is 6.44. The number of benzene rings is 1. The van der Waals surface area contributed by atoms with E-state index >= 15 is 0 Å². The summed E-state index contributed by atoms with van der Waals surface area (Å²) in [7, 11) is 0. The van der Waals surface area contributed by atoms with E-state index < -0.39 is 0 Å². The lowest BCUT2D eigenvalue weighted by Crippen LogP contribution is -2.39. The van der Waals surface area contributed by atoms with Crippen LogP contribution in [0.4, 0.5) is 4.39 Å². The predicted octanol–water partition coefficient (Wildman–Crippen LogP) is 1.86. The Kier molecular flexibility index (Phi) is 4.95. The Morgan fingerprint density at radius 1 is 1.29 bits per heavy atom. The molecule has 1 saturated heterocycles. The zero-order valence-electron chi connectivity index (χ0n) is 10.2. The van der Waals surface area contributed by atoms with Crippen molar-refractivity contribution < 1.29 is 4.39 Å². The number of rotatable bonds is 4. The van der Waals surface area contributed by atoms with E-state index in [1.807, 2.05) is 6.07 Å². The van der Waals surface area contributed by atoms with Gasteiger partial charge in [-0.3, -0.25) is 4.90 Å². The second-order valence-corrected chi connectivity index (χ2v) is 4.68. The van der Waals surface area contributed by atoms with Gasteiger partial charge in [-0.1, -0.05) is 30.3 Å². The number of alkyl halides is 1. The molecule has 2 rings (SSSR count). The Labute approximate surface area is 103 Å². The standard InChI is InChI=1S/C14H21FN2/c15-7-10-17-9-4-8-16-14(12-17)11-13-5-2-1-3-6-13/h1-3,5-6,14,16H,4,7-12H2. The van der Waals surface area contributed by atoms with Crippen LogP contribution in [-0.2, 0) is 6.42 Å². The summed E-state index contributed by atoms with van der Waals surface area (Å²) in [5.74, 6) is 0. The van der Waals surface area contributed by atoms with Gasteiger partial charge in [-0.15, -0.1) is 0 Å². The number of halogens is 1. The maximum Gasteiger partial charge on any atom is 0.102 e. The molecule has 1 atom stereocenters. The van der Waals surface area contributed by atoms with Crippen LogP contribution in [0, 0.1) is 0 Å². The summed E-state index contributed by atoms with van der Waals surface area (Å²) >= 11 is 0. The maximum atomic E-state index is 12.4. The molecule has 1 unspecified atom stereocenters. The summed E-state index contributed by atoms with van der Waals surface area (Å²) in [6.45, 7) is 3.35. The number of hydrogen-bond donors (Lipinski definition) is 1. The van der Waals surface area contributed by atoms with E-state index in [1.165, 1.54) is 5.56 Å². The Balaban J connectivity index is 1.90. The van der Waals surface area contributed by atoms with Gasteiger partial charge in [-0.2, -0.15) is 0 Å². The molecule has 0 saturated carbocycles. The van der Waals surface area contributed by atoms with E-state index in [1.54, 1.807) is 0 Å². The minimum atomic E-state index is -0.238. The summed E-state index contributed by atoms with van der Waals surface area (Å²) in [4.78, 5) is 2.23. The molecule has 0 radical (unpaired) electrons. The highest BCUT2D eigenvalue weighted by Gasteiger charge is 2.17. The van der Waals surface area contributed by atoms with Crippen LogP contribution in [-0.4, -0.2) is 43.8 Å². The molecule has 2 nitrogen and oxygen atoms in total. The summed E-state index contributed by atoms with van der Waals surface area (Å²) in [6.07, 6.45) is 2.15. The predicted molar refractivity (Wildman–Crippen MR) is 69.0 cm³/mol. The summed E-state index contributed by atoms with van der Waals surface area (Å²) in [5.41, 5.74) is 1.35. The van der Waals surface area contributed by atoms with E-state index in [0.717, 1.165) is 32.5 Å². The second-order valence-electron chi connectivity index (χ2n) is 4.68. The SMILES string of the molecule is FCCN1CCCNC(Cc2ccccc2)C1. The second kappa shape index (κ2) is 6.72. The molecular formula is C14H21FN2. The van der Waals surface area contributed by atoms with E-state index in [0.29, 0.717) is 12.6 Å². The maximum absolute atomic E-state index is 12.4. The van der Waals surface area contributed by atoms with Crippen LogP contribution in [0.15, 0.2) is 30.3 Å². The van der Waals surface area contributed by atoms with E-state index in [-0.39, 0.29) is 6.67 Å². The molecule has 1 aromatic carbocycles. The zero-order chi connectivity index (χ0) is 11.9. The highest BCUT2D eigenvalue weighted by Crippen LogP contribution is 2.07. The fourth-order valence-corrected chi connectivity index (χ4v) is 2.43. The molecule has 0 aliphatic carbocycles. The summed E-state index contributed by atoms with van der Waals surface area (Å²) in [6, 6.07) is 11.0. The van der Waals surface area contributed by atoms with E-state index in [9.17, 15) is 4.39 Å². The Morgan fingerprint density at radius 3 is 2.88 bits per heavy atom. The van der Waals surface area contributed by atoms with Crippen LogP contribution in [0.25, 0.3) is 0 Å². The van der Waals surface area contributed by atoms with Gasteiger partial charge in [0.25, 0.3) is 0 Å². The minimum Gasteiger partial charge on any atom is -0.312 e. The van der Waals surface area contributed by atoms with Crippen molar-refractivity contribution in [3.8, 4) is 0 Å². The molecule has 94 valence electrons. The van der Waals surface area contributed by atoms with Gasteiger partial charge in [0.2, 0.25) is 0 Å². The Morgan fingerprint density at radius 2 is 2.12 bits per heavy atom. The highest BCUT2D eigenvalue weighted by atomic mass is 19.1. The quantitative estimate of drug-likeness (QED) is 0.858. The largest absolute Gasteiger partial charge is 0.312 e. The van der Waals surface area contributed by atoms with Crippen molar-refractivity contribution in [2.45, 2.75) is 18.9 Å². The van der Waals surface area contributed by atoms with Gasteiger partial charge in [0, 0.05) is 19.1 Å². The lowest BCUT2D eigenvalue weighted by molar-refractivity contribution is 0.243. The average molecular weight is 236 g/mol. The molecule has 0 amide bonds. The smallest absolute Gasteiger partial charge is 0.102 e. The van der Waals surface area contributed by atoms with Gasteiger partial charge in [0.1, 0.15) is 6.67 Å². The lowest BCUT2D eigenvalue weighted by atomic mass is 10.1. The first kappa shape index (κ1) is 12.5. The normalized spacial score (nSPS) is 22.3. The first-order valence-corrected chi connectivity index (χ1v) is 6.44. The zero-order valence-corrected chi connectivity index (χ0v) is 10.2. The first-order chi connectivity index (χ1) is 8.38. The van der Waals surface area contributed by atoms with Crippen molar-refractivity contribution in [2.24, 2.45) is 0 Å². The molecule has 1 fully saturated rings. The molecular weight excluding hydrogens is 215 g/mol. The number of nitrogens with one attached hydrogen (secondary N) is 1. The van der Waals surface area contributed by atoms with Crippen molar-refractivity contribution in [3.05, 3.63) is 35.9 Å². The summed E-state index contributed by atoms with van der Waals surface area (Å²) < 4.78 is 12.4. The van der Waals surface area contributed by atoms with Gasteiger partial charge in [-0.05, 0) is 31.5 Å². The molecule has 1 heterocycles. The van der Waals surface area contributed by atoms with Crippen LogP contribution >= 0.6 is 0 Å². The molecule has 1 aromatic rings. The molecule has 1 aliphatic heterocycles. The van der Waals surface area contributed by atoms with Crippen LogP contribution in [0.3, 0.4) is 0 Å². The molecule has 1 N–H and O–H groups in total. The van der Waals surface area contributed by atoms with Crippen LogP contribution in [0.1, 0.15) is 12.0 Å². The monoisotopic (exact) mass is 236 g/mol. The average Bonchev–Trinajstić information content (AvgIpc) is 2.56. The highest BCUT2D eigenvalue weighted by molar-refractivity contribution is 5.16. The molecule has 0 bridgehead atoms. The Bertz CT molecular complexity index is 315. The van der Waals surface area contributed by atoms with Crippen LogP contribution < -0.4 is 5.32 Å². The fourth-order valence-electron chi connectivity index (χ4n) is 2.43. The van der Waals surface area contributed by atoms with Crippen molar-refractivity contribution in [2.75, 3.05) is 32.9 Å². The Hall–Kier alpha value is -0.930. The lowest BCUT2D eigenvalue weighted by Gasteiger charge is -2.23. The number of hydrogen-bond acceptors (Lipinski definition) is 2. The minimum absolute atomic E-state index is 0.238.